The normalized spacial score (nSPS) is 10.9. The molecular formula is C12H15NO6S. The third-order valence-corrected chi connectivity index (χ3v) is 3.75. The molecule has 0 saturated carbocycles. The summed E-state index contributed by atoms with van der Waals surface area (Å²) < 4.78 is 35.3. The van der Waals surface area contributed by atoms with Gasteiger partial charge in [-0.25, -0.2) is 13.2 Å². The summed E-state index contributed by atoms with van der Waals surface area (Å²) >= 11 is 0. The first-order valence-electron chi connectivity index (χ1n) is 5.75. The predicted molar refractivity (Wildman–Crippen MR) is 69.6 cm³/mol. The monoisotopic (exact) mass is 301 g/mol. The number of sulfonamides is 1. The highest BCUT2D eigenvalue weighted by Gasteiger charge is 2.23. The third-order valence-electron chi connectivity index (χ3n) is 2.29. The smallest absolute Gasteiger partial charge is 0.339 e. The molecule has 0 aliphatic rings. The van der Waals surface area contributed by atoms with Gasteiger partial charge in [0, 0.05) is 0 Å². The summed E-state index contributed by atoms with van der Waals surface area (Å²) in [5.74, 6) is -1.48. The molecule has 7 nitrogen and oxygen atoms in total. The summed E-state index contributed by atoms with van der Waals surface area (Å²) in [7, 11) is -2.86. The number of benzene rings is 1. The molecule has 0 heterocycles. The molecule has 0 aliphatic heterocycles. The number of rotatable bonds is 6. The highest BCUT2D eigenvalue weighted by atomic mass is 32.2. The highest BCUT2D eigenvalue weighted by Crippen LogP contribution is 2.16. The Morgan fingerprint density at radius 2 is 1.90 bits per heavy atom. The first-order valence-corrected chi connectivity index (χ1v) is 7.23. The average Bonchev–Trinajstić information content (AvgIpc) is 2.45. The van der Waals surface area contributed by atoms with E-state index in [1.165, 1.54) is 24.3 Å². The van der Waals surface area contributed by atoms with Gasteiger partial charge in [0.05, 0.1) is 24.2 Å². The molecule has 0 bridgehead atoms. The quantitative estimate of drug-likeness (QED) is 0.759. The molecule has 0 amide bonds. The number of carbonyl (C=O) groups is 2. The summed E-state index contributed by atoms with van der Waals surface area (Å²) in [4.78, 5) is 22.4. The van der Waals surface area contributed by atoms with E-state index in [0.29, 0.717) is 0 Å². The number of carbonyl (C=O) groups excluding carboxylic acids is 2. The molecule has 1 aromatic carbocycles. The fourth-order valence-electron chi connectivity index (χ4n) is 1.42. The maximum absolute atomic E-state index is 12.1. The van der Waals surface area contributed by atoms with Crippen molar-refractivity contribution in [2.75, 3.05) is 20.3 Å². The van der Waals surface area contributed by atoms with Gasteiger partial charge in [0.25, 0.3) is 0 Å². The van der Waals surface area contributed by atoms with Gasteiger partial charge in [0.15, 0.2) is 0 Å². The van der Waals surface area contributed by atoms with Crippen LogP contribution in [-0.4, -0.2) is 40.6 Å². The van der Waals surface area contributed by atoms with Crippen molar-refractivity contribution in [3.63, 3.8) is 0 Å². The fraction of sp³-hybridized carbons (Fsp3) is 0.333. The van der Waals surface area contributed by atoms with Gasteiger partial charge in [-0.15, -0.1) is 0 Å². The minimum Gasteiger partial charge on any atom is -0.465 e. The predicted octanol–water partition coefficient (Wildman–Crippen LogP) is 0.315. The molecule has 0 fully saturated rings. The molecule has 0 radical (unpaired) electrons. The lowest BCUT2D eigenvalue weighted by atomic mass is 10.2. The van der Waals surface area contributed by atoms with Crippen LogP contribution in [-0.2, 0) is 24.3 Å². The van der Waals surface area contributed by atoms with Crippen molar-refractivity contribution in [1.82, 2.24) is 4.72 Å². The van der Waals surface area contributed by atoms with Crippen molar-refractivity contribution >= 4 is 22.0 Å². The van der Waals surface area contributed by atoms with E-state index in [1.807, 2.05) is 0 Å². The number of methoxy groups -OCH3 is 1. The van der Waals surface area contributed by atoms with Crippen LogP contribution in [0.2, 0.25) is 0 Å². The van der Waals surface area contributed by atoms with Crippen LogP contribution in [0.4, 0.5) is 0 Å². The number of esters is 2. The Kier molecular flexibility index (Phi) is 5.66. The molecule has 20 heavy (non-hydrogen) atoms. The summed E-state index contributed by atoms with van der Waals surface area (Å²) in [6.45, 7) is 1.25. The summed E-state index contributed by atoms with van der Waals surface area (Å²) in [6.07, 6.45) is 0. The van der Waals surface area contributed by atoms with Gasteiger partial charge in [-0.1, -0.05) is 12.1 Å². The van der Waals surface area contributed by atoms with E-state index in [4.69, 9.17) is 0 Å². The van der Waals surface area contributed by atoms with Crippen LogP contribution >= 0.6 is 0 Å². The van der Waals surface area contributed by atoms with Crippen molar-refractivity contribution in [2.45, 2.75) is 11.8 Å². The standard InChI is InChI=1S/C12H15NO6S/c1-3-19-11(14)8-13-20(16,17)10-7-5-4-6-9(10)12(15)18-2/h4-7,13H,3,8H2,1-2H3. The average molecular weight is 301 g/mol. The molecule has 0 aromatic heterocycles. The zero-order valence-electron chi connectivity index (χ0n) is 11.1. The lowest BCUT2D eigenvalue weighted by Crippen LogP contribution is -2.31. The SMILES string of the molecule is CCOC(=O)CNS(=O)(=O)c1ccccc1C(=O)OC. The second-order valence-electron chi connectivity index (χ2n) is 3.62. The van der Waals surface area contributed by atoms with Crippen LogP contribution in [0.25, 0.3) is 0 Å². The van der Waals surface area contributed by atoms with Crippen LogP contribution in [0, 0.1) is 0 Å². The zero-order chi connectivity index (χ0) is 15.2. The van der Waals surface area contributed by atoms with Gasteiger partial charge in [0.2, 0.25) is 10.0 Å². The van der Waals surface area contributed by atoms with Crippen LogP contribution in [0.3, 0.4) is 0 Å². The largest absolute Gasteiger partial charge is 0.465 e. The van der Waals surface area contributed by atoms with E-state index in [1.54, 1.807) is 6.92 Å². The van der Waals surface area contributed by atoms with E-state index < -0.39 is 28.5 Å². The van der Waals surface area contributed by atoms with Crippen molar-refractivity contribution < 1.29 is 27.5 Å². The third kappa shape index (κ3) is 4.04. The van der Waals surface area contributed by atoms with Crippen LogP contribution in [0.15, 0.2) is 29.2 Å². The summed E-state index contributed by atoms with van der Waals surface area (Å²) in [5.41, 5.74) is -0.105. The second-order valence-corrected chi connectivity index (χ2v) is 5.35. The van der Waals surface area contributed by atoms with Crippen LogP contribution in [0.1, 0.15) is 17.3 Å². The molecule has 0 unspecified atom stereocenters. The van der Waals surface area contributed by atoms with Crippen molar-refractivity contribution in [3.05, 3.63) is 29.8 Å². The molecule has 1 aromatic rings. The lowest BCUT2D eigenvalue weighted by molar-refractivity contribution is -0.141. The molecule has 0 atom stereocenters. The van der Waals surface area contributed by atoms with Crippen molar-refractivity contribution in [1.29, 1.82) is 0 Å². The molecule has 0 saturated heterocycles. The van der Waals surface area contributed by atoms with Gasteiger partial charge in [-0.2, -0.15) is 4.72 Å². The topological polar surface area (TPSA) is 98.8 Å². The van der Waals surface area contributed by atoms with Gasteiger partial charge in [0.1, 0.15) is 6.54 Å². The first-order chi connectivity index (χ1) is 9.42. The van der Waals surface area contributed by atoms with Crippen LogP contribution in [0.5, 0.6) is 0 Å². The Bertz CT molecular complexity index is 596. The van der Waals surface area contributed by atoms with Gasteiger partial charge in [-0.3, -0.25) is 4.79 Å². The second kappa shape index (κ2) is 7.01. The van der Waals surface area contributed by atoms with Crippen molar-refractivity contribution in [3.8, 4) is 0 Å². The lowest BCUT2D eigenvalue weighted by Gasteiger charge is -2.09. The number of ether oxygens (including phenoxy) is 2. The van der Waals surface area contributed by atoms with E-state index in [2.05, 4.69) is 14.2 Å². The van der Waals surface area contributed by atoms with E-state index in [0.717, 1.165) is 7.11 Å². The number of nitrogens with one attached hydrogen (secondary N) is 1. The van der Waals surface area contributed by atoms with Gasteiger partial charge >= 0.3 is 11.9 Å². The fourth-order valence-corrected chi connectivity index (χ4v) is 2.59. The van der Waals surface area contributed by atoms with Crippen LogP contribution < -0.4 is 4.72 Å². The Labute approximate surface area is 116 Å². The maximum atomic E-state index is 12.1. The Balaban J connectivity index is 2.98. The molecule has 0 aliphatic carbocycles. The molecule has 1 N–H and O–H groups in total. The Morgan fingerprint density at radius 3 is 2.50 bits per heavy atom. The minimum atomic E-state index is -4.01. The van der Waals surface area contributed by atoms with E-state index >= 15 is 0 Å². The molecule has 0 spiro atoms. The van der Waals surface area contributed by atoms with Crippen molar-refractivity contribution in [2.24, 2.45) is 0 Å². The maximum Gasteiger partial charge on any atom is 0.339 e. The summed E-state index contributed by atoms with van der Waals surface area (Å²) in [5, 5.41) is 0. The minimum absolute atomic E-state index is 0.105. The number of hydrogen-bond acceptors (Lipinski definition) is 6. The van der Waals surface area contributed by atoms with E-state index in [9.17, 15) is 18.0 Å². The number of hydrogen-bond donors (Lipinski definition) is 1. The Hall–Kier alpha value is -1.93. The zero-order valence-corrected chi connectivity index (χ0v) is 11.9. The molecule has 8 heteroatoms. The van der Waals surface area contributed by atoms with Gasteiger partial charge < -0.3 is 9.47 Å². The van der Waals surface area contributed by atoms with E-state index in [-0.39, 0.29) is 17.1 Å². The Morgan fingerprint density at radius 1 is 1.25 bits per heavy atom. The molecule has 110 valence electrons. The molecule has 1 rings (SSSR count). The van der Waals surface area contributed by atoms with Gasteiger partial charge in [-0.05, 0) is 19.1 Å². The molecular weight excluding hydrogens is 286 g/mol. The first kappa shape index (κ1) is 16.1. The summed E-state index contributed by atoms with van der Waals surface area (Å²) in [6, 6.07) is 5.55. The highest BCUT2D eigenvalue weighted by molar-refractivity contribution is 7.89.